The van der Waals surface area contributed by atoms with Gasteiger partial charge in [-0.1, -0.05) is 19.1 Å². The van der Waals surface area contributed by atoms with Gasteiger partial charge in [0.2, 0.25) is 10.0 Å². The molecule has 7 nitrogen and oxygen atoms in total. The van der Waals surface area contributed by atoms with Gasteiger partial charge in [-0.05, 0) is 42.3 Å². The Morgan fingerprint density at radius 3 is 2.35 bits per heavy atom. The quantitative estimate of drug-likeness (QED) is 0.768. The number of benzene rings is 2. The maximum atomic E-state index is 12.2. The smallest absolute Gasteiger partial charge is 0.262 e. The van der Waals surface area contributed by atoms with Gasteiger partial charge in [0.15, 0.2) is 6.61 Å². The molecule has 0 atom stereocenters. The molecule has 0 aromatic heterocycles. The topological polar surface area (TPSA) is 102 Å². The lowest BCUT2D eigenvalue weighted by Crippen LogP contribution is -2.23. The van der Waals surface area contributed by atoms with Gasteiger partial charge in [-0.3, -0.25) is 4.79 Å². The van der Waals surface area contributed by atoms with Crippen LogP contribution in [-0.2, 0) is 21.2 Å². The van der Waals surface area contributed by atoms with Crippen LogP contribution in [0.4, 0.5) is 11.4 Å². The fourth-order valence-electron chi connectivity index (χ4n) is 2.34. The number of primary sulfonamides is 1. The molecule has 2 rings (SSSR count). The van der Waals surface area contributed by atoms with E-state index in [2.05, 4.69) is 12.2 Å². The van der Waals surface area contributed by atoms with Crippen molar-refractivity contribution in [1.82, 2.24) is 0 Å². The Hall–Kier alpha value is -2.58. The number of ether oxygens (including phenoxy) is 1. The Bertz CT molecular complexity index is 878. The van der Waals surface area contributed by atoms with Crippen LogP contribution in [0.25, 0.3) is 0 Å². The summed E-state index contributed by atoms with van der Waals surface area (Å²) in [6.45, 7) is 1.86. The van der Waals surface area contributed by atoms with E-state index in [-0.39, 0.29) is 11.5 Å². The Morgan fingerprint density at radius 2 is 1.81 bits per heavy atom. The first-order chi connectivity index (χ1) is 12.2. The fourth-order valence-corrected chi connectivity index (χ4v) is 2.88. The van der Waals surface area contributed by atoms with Crippen LogP contribution in [0, 0.1) is 0 Å². The second kappa shape index (κ2) is 8.20. The van der Waals surface area contributed by atoms with Gasteiger partial charge in [0.1, 0.15) is 5.75 Å². The van der Waals surface area contributed by atoms with Crippen molar-refractivity contribution < 1.29 is 17.9 Å². The first-order valence-electron chi connectivity index (χ1n) is 8.06. The van der Waals surface area contributed by atoms with Gasteiger partial charge in [0, 0.05) is 14.1 Å². The number of hydrogen-bond acceptors (Lipinski definition) is 5. The highest BCUT2D eigenvalue weighted by atomic mass is 32.2. The molecule has 0 heterocycles. The first-order valence-corrected chi connectivity index (χ1v) is 9.61. The van der Waals surface area contributed by atoms with Crippen LogP contribution in [0.5, 0.6) is 5.75 Å². The number of nitrogens with one attached hydrogen (secondary N) is 1. The number of carbonyl (C=O) groups is 1. The van der Waals surface area contributed by atoms with E-state index in [1.807, 2.05) is 12.1 Å². The zero-order valence-corrected chi connectivity index (χ0v) is 15.8. The van der Waals surface area contributed by atoms with Crippen molar-refractivity contribution in [3.63, 3.8) is 0 Å². The van der Waals surface area contributed by atoms with Crippen LogP contribution >= 0.6 is 0 Å². The summed E-state index contributed by atoms with van der Waals surface area (Å²) in [6, 6.07) is 11.8. The summed E-state index contributed by atoms with van der Waals surface area (Å²) in [7, 11) is -0.296. The zero-order valence-electron chi connectivity index (χ0n) is 15.0. The standard InChI is InChI=1S/C18H23N3O4S/c1-4-13-5-7-14(8-6-13)25-12-18(22)20-16-11-15(26(19,23)24)9-10-17(16)21(2)3/h5-11H,4,12H2,1-3H3,(H,20,22)(H2,19,23,24). The average Bonchev–Trinajstić information content (AvgIpc) is 2.59. The van der Waals surface area contributed by atoms with E-state index in [1.165, 1.54) is 17.7 Å². The second-order valence-corrected chi connectivity index (χ2v) is 7.51. The van der Waals surface area contributed by atoms with Crippen LogP contribution in [-0.4, -0.2) is 35.0 Å². The van der Waals surface area contributed by atoms with Gasteiger partial charge in [-0.15, -0.1) is 0 Å². The van der Waals surface area contributed by atoms with E-state index in [0.717, 1.165) is 6.42 Å². The Labute approximate surface area is 153 Å². The maximum Gasteiger partial charge on any atom is 0.262 e. The van der Waals surface area contributed by atoms with Crippen molar-refractivity contribution >= 4 is 27.3 Å². The van der Waals surface area contributed by atoms with E-state index in [4.69, 9.17) is 9.88 Å². The monoisotopic (exact) mass is 377 g/mol. The molecular weight excluding hydrogens is 354 g/mol. The van der Waals surface area contributed by atoms with Gasteiger partial charge in [0.05, 0.1) is 16.3 Å². The van der Waals surface area contributed by atoms with Gasteiger partial charge in [0.25, 0.3) is 5.91 Å². The molecule has 140 valence electrons. The molecule has 0 saturated carbocycles. The minimum absolute atomic E-state index is 0.0746. The van der Waals surface area contributed by atoms with Crippen LogP contribution in [0.3, 0.4) is 0 Å². The molecule has 2 aromatic rings. The number of nitrogens with two attached hydrogens (primary N) is 1. The Balaban J connectivity index is 2.11. The lowest BCUT2D eigenvalue weighted by atomic mass is 10.2. The SMILES string of the molecule is CCc1ccc(OCC(=O)Nc2cc(S(N)(=O)=O)ccc2N(C)C)cc1. The van der Waals surface area contributed by atoms with Crippen LogP contribution in [0.2, 0.25) is 0 Å². The Morgan fingerprint density at radius 1 is 1.15 bits per heavy atom. The number of amides is 1. The molecule has 0 aliphatic heterocycles. The summed E-state index contributed by atoms with van der Waals surface area (Å²) in [5.74, 6) is 0.183. The lowest BCUT2D eigenvalue weighted by molar-refractivity contribution is -0.118. The third-order valence-electron chi connectivity index (χ3n) is 3.75. The summed E-state index contributed by atoms with van der Waals surface area (Å²) in [5.41, 5.74) is 2.17. The molecule has 0 unspecified atom stereocenters. The predicted molar refractivity (Wildman–Crippen MR) is 102 cm³/mol. The van der Waals surface area contributed by atoms with Crippen molar-refractivity contribution in [2.24, 2.45) is 5.14 Å². The molecule has 0 spiro atoms. The number of hydrogen-bond donors (Lipinski definition) is 2. The molecule has 1 amide bonds. The van der Waals surface area contributed by atoms with Gasteiger partial charge >= 0.3 is 0 Å². The average molecular weight is 377 g/mol. The number of rotatable bonds is 7. The van der Waals surface area contributed by atoms with Crippen molar-refractivity contribution in [1.29, 1.82) is 0 Å². The third kappa shape index (κ3) is 5.21. The first kappa shape index (κ1) is 19.7. The summed E-state index contributed by atoms with van der Waals surface area (Å²) in [4.78, 5) is 13.9. The van der Waals surface area contributed by atoms with Crippen LogP contribution in [0.1, 0.15) is 12.5 Å². The van der Waals surface area contributed by atoms with Crippen LogP contribution in [0.15, 0.2) is 47.4 Å². The normalized spacial score (nSPS) is 11.1. The van der Waals surface area contributed by atoms with Gasteiger partial charge in [-0.25, -0.2) is 13.6 Å². The molecule has 26 heavy (non-hydrogen) atoms. The molecule has 2 aromatic carbocycles. The molecular formula is C18H23N3O4S. The minimum Gasteiger partial charge on any atom is -0.484 e. The van der Waals surface area contributed by atoms with Gasteiger partial charge in [-0.2, -0.15) is 0 Å². The largest absolute Gasteiger partial charge is 0.484 e. The summed E-state index contributed by atoms with van der Waals surface area (Å²) in [6.07, 6.45) is 0.925. The van der Waals surface area contributed by atoms with Crippen molar-refractivity contribution in [3.8, 4) is 5.75 Å². The summed E-state index contributed by atoms with van der Waals surface area (Å²) < 4.78 is 28.6. The molecule has 0 saturated heterocycles. The number of aryl methyl sites for hydroxylation is 1. The number of sulfonamides is 1. The maximum absolute atomic E-state index is 12.2. The highest BCUT2D eigenvalue weighted by Gasteiger charge is 2.15. The molecule has 0 radical (unpaired) electrons. The molecule has 8 heteroatoms. The minimum atomic E-state index is -3.87. The van der Waals surface area contributed by atoms with E-state index in [9.17, 15) is 13.2 Å². The molecule has 0 fully saturated rings. The van der Waals surface area contributed by atoms with E-state index < -0.39 is 15.9 Å². The van der Waals surface area contributed by atoms with Crippen LogP contribution < -0.4 is 20.1 Å². The Kier molecular flexibility index (Phi) is 6.23. The molecule has 3 N–H and O–H groups in total. The fraction of sp³-hybridized carbons (Fsp3) is 0.278. The summed E-state index contributed by atoms with van der Waals surface area (Å²) >= 11 is 0. The number of carbonyl (C=O) groups excluding carboxylic acids is 1. The summed E-state index contributed by atoms with van der Waals surface area (Å²) in [5, 5.41) is 7.83. The number of anilines is 2. The van der Waals surface area contributed by atoms with E-state index in [1.54, 1.807) is 37.2 Å². The highest BCUT2D eigenvalue weighted by Crippen LogP contribution is 2.27. The van der Waals surface area contributed by atoms with Crippen molar-refractivity contribution in [3.05, 3.63) is 48.0 Å². The van der Waals surface area contributed by atoms with Crippen molar-refractivity contribution in [2.45, 2.75) is 18.2 Å². The second-order valence-electron chi connectivity index (χ2n) is 5.95. The van der Waals surface area contributed by atoms with E-state index >= 15 is 0 Å². The predicted octanol–water partition coefficient (Wildman–Crippen LogP) is 1.98. The lowest BCUT2D eigenvalue weighted by Gasteiger charge is -2.19. The number of nitrogens with zero attached hydrogens (tertiary/aromatic N) is 1. The third-order valence-corrected chi connectivity index (χ3v) is 4.66. The zero-order chi connectivity index (χ0) is 19.3. The van der Waals surface area contributed by atoms with Gasteiger partial charge < -0.3 is 15.0 Å². The molecule has 0 aliphatic rings. The highest BCUT2D eigenvalue weighted by molar-refractivity contribution is 7.89. The molecule has 0 aliphatic carbocycles. The van der Waals surface area contributed by atoms with Crippen molar-refractivity contribution in [2.75, 3.05) is 30.9 Å². The van der Waals surface area contributed by atoms with E-state index in [0.29, 0.717) is 17.1 Å². The molecule has 0 bridgehead atoms.